The minimum atomic E-state index is -3.96. The first-order valence-corrected chi connectivity index (χ1v) is 19.5. The molecular formula is C43H36FN9O4S. The van der Waals surface area contributed by atoms with E-state index in [4.69, 9.17) is 22.0 Å². The fraction of sp³-hybridized carbons (Fsp3) is 0.163. The van der Waals surface area contributed by atoms with E-state index in [0.717, 1.165) is 24.0 Å². The third-order valence-electron chi connectivity index (χ3n) is 10.4. The summed E-state index contributed by atoms with van der Waals surface area (Å²) < 4.78 is 41.9. The van der Waals surface area contributed by atoms with Crippen LogP contribution in [-0.2, 0) is 30.7 Å². The van der Waals surface area contributed by atoms with Crippen molar-refractivity contribution in [2.24, 2.45) is 27.4 Å². The van der Waals surface area contributed by atoms with Gasteiger partial charge in [0.15, 0.2) is 23.0 Å². The zero-order valence-corrected chi connectivity index (χ0v) is 32.1. The highest BCUT2D eigenvalue weighted by molar-refractivity contribution is 7.92. The van der Waals surface area contributed by atoms with Crippen LogP contribution in [0.2, 0.25) is 0 Å². The highest BCUT2D eigenvalue weighted by Crippen LogP contribution is 2.52. The number of carbonyl (C=O) groups is 2. The van der Waals surface area contributed by atoms with Gasteiger partial charge in [0.25, 0.3) is 21.8 Å². The predicted octanol–water partition coefficient (Wildman–Crippen LogP) is 5.15. The Morgan fingerprint density at radius 3 is 2.00 bits per heavy atom. The molecular weight excluding hydrogens is 758 g/mol. The number of likely N-dealkylation sites (N-methyl/N-ethyl adjacent to an activating group) is 2. The average molecular weight is 794 g/mol. The van der Waals surface area contributed by atoms with E-state index in [1.165, 1.54) is 46.2 Å². The molecule has 13 nitrogen and oxygen atoms in total. The SMILES string of the molecule is CN1C(=O)C(c2ccccc2)(c2cccc(NS(=O)(=O)c3cccc(C#N)c3)c2)N=C1N.CN1C(=O)[C@](c2cccc(-c3ccc(F)c(C#N)c3)c2)(C2CC2)N=C1N. The van der Waals surface area contributed by atoms with E-state index in [2.05, 4.69) is 14.7 Å². The molecule has 1 saturated carbocycles. The number of nitrogens with two attached hydrogens (primary N) is 2. The number of benzene rings is 5. The Kier molecular flexibility index (Phi) is 10.0. The van der Waals surface area contributed by atoms with Crippen molar-refractivity contribution in [3.63, 3.8) is 0 Å². The van der Waals surface area contributed by atoms with Gasteiger partial charge in [-0.15, -0.1) is 0 Å². The highest BCUT2D eigenvalue weighted by Gasteiger charge is 2.57. The molecule has 15 heteroatoms. The smallest absolute Gasteiger partial charge is 0.266 e. The Bertz CT molecular complexity index is 2740. The van der Waals surface area contributed by atoms with E-state index in [1.54, 1.807) is 68.7 Å². The van der Waals surface area contributed by atoms with E-state index >= 15 is 0 Å². The maximum Gasteiger partial charge on any atom is 0.266 e. The molecule has 5 aromatic carbocycles. The minimum absolute atomic E-state index is 0.0104. The lowest BCUT2D eigenvalue weighted by molar-refractivity contribution is -0.131. The van der Waals surface area contributed by atoms with Gasteiger partial charge < -0.3 is 11.5 Å². The van der Waals surface area contributed by atoms with Crippen molar-refractivity contribution in [1.29, 1.82) is 10.5 Å². The summed E-state index contributed by atoms with van der Waals surface area (Å²) >= 11 is 0. The second kappa shape index (κ2) is 14.9. The van der Waals surface area contributed by atoms with Crippen LogP contribution >= 0.6 is 0 Å². The number of halogens is 1. The largest absolute Gasteiger partial charge is 0.369 e. The maximum atomic E-state index is 13.6. The molecule has 2 aliphatic heterocycles. The molecule has 2 heterocycles. The third-order valence-corrected chi connectivity index (χ3v) is 11.8. The number of sulfonamides is 1. The van der Waals surface area contributed by atoms with Crippen LogP contribution in [0, 0.1) is 34.4 Å². The zero-order chi connectivity index (χ0) is 41.4. The van der Waals surface area contributed by atoms with Gasteiger partial charge in [-0.1, -0.05) is 72.8 Å². The predicted molar refractivity (Wildman–Crippen MR) is 215 cm³/mol. The number of nitriles is 2. The summed E-state index contributed by atoms with van der Waals surface area (Å²) in [4.78, 5) is 37.9. The molecule has 1 unspecified atom stereocenters. The molecule has 1 aliphatic carbocycles. The molecule has 290 valence electrons. The van der Waals surface area contributed by atoms with Crippen molar-refractivity contribution in [2.75, 3.05) is 18.8 Å². The summed E-state index contributed by atoms with van der Waals surface area (Å²) in [5.41, 5.74) is 13.3. The number of carbonyl (C=O) groups excluding carboxylic acids is 2. The van der Waals surface area contributed by atoms with Crippen molar-refractivity contribution in [3.05, 3.63) is 155 Å². The van der Waals surface area contributed by atoms with E-state index in [9.17, 15) is 22.4 Å². The molecule has 58 heavy (non-hydrogen) atoms. The Labute approximate surface area is 334 Å². The molecule has 0 saturated heterocycles. The van der Waals surface area contributed by atoms with Gasteiger partial charge in [-0.25, -0.2) is 22.8 Å². The van der Waals surface area contributed by atoms with E-state index < -0.39 is 26.9 Å². The minimum Gasteiger partial charge on any atom is -0.369 e. The molecule has 5 N–H and O–H groups in total. The van der Waals surface area contributed by atoms with Crippen molar-refractivity contribution in [2.45, 2.75) is 28.8 Å². The molecule has 0 radical (unpaired) electrons. The van der Waals surface area contributed by atoms with Crippen molar-refractivity contribution in [3.8, 4) is 23.3 Å². The first kappa shape index (κ1) is 38.9. The summed E-state index contributed by atoms with van der Waals surface area (Å²) in [6.45, 7) is 0. The molecule has 0 bridgehead atoms. The van der Waals surface area contributed by atoms with Gasteiger partial charge in [-0.05, 0) is 95.1 Å². The number of amides is 2. The van der Waals surface area contributed by atoms with E-state index in [1.807, 2.05) is 42.5 Å². The maximum absolute atomic E-state index is 13.6. The number of hydrogen-bond acceptors (Lipinski definition) is 10. The standard InChI is InChI=1S/C23H19N5O3S.C20H17FN4O/c1-28-21(29)23(26-22(28)25,17-8-3-2-4-9-17)18-10-6-11-19(14-18)27-32(30,31)20-12-5-7-16(13-20)15-24;1-25-18(26)20(15-6-7-15,24-19(25)23)16-4-2-3-12(10-16)13-5-8-17(21)14(9-13)11-22/h2-14,27H,1H3,(H2,25,26);2-5,8-10,15H,6-7H2,1H3,(H2,23,24)/t;20-/m.1/s1. The molecule has 2 amide bonds. The molecule has 8 rings (SSSR count). The number of hydrogen-bond donors (Lipinski definition) is 3. The highest BCUT2D eigenvalue weighted by atomic mass is 32.2. The van der Waals surface area contributed by atoms with Crippen LogP contribution in [0.3, 0.4) is 0 Å². The zero-order valence-electron chi connectivity index (χ0n) is 31.3. The summed E-state index contributed by atoms with van der Waals surface area (Å²) in [6, 6.07) is 36.8. The molecule has 0 spiro atoms. The average Bonchev–Trinajstić information content (AvgIpc) is 4.03. The lowest BCUT2D eigenvalue weighted by Gasteiger charge is -2.26. The van der Waals surface area contributed by atoms with E-state index in [0.29, 0.717) is 16.7 Å². The van der Waals surface area contributed by atoms with Gasteiger partial charge >= 0.3 is 0 Å². The van der Waals surface area contributed by atoms with Gasteiger partial charge in [-0.2, -0.15) is 10.5 Å². The van der Waals surface area contributed by atoms with Crippen molar-refractivity contribution < 1.29 is 22.4 Å². The van der Waals surface area contributed by atoms with Gasteiger partial charge in [-0.3, -0.25) is 24.1 Å². The molecule has 0 aromatic heterocycles. The van der Waals surface area contributed by atoms with Crippen LogP contribution in [0.25, 0.3) is 11.1 Å². The van der Waals surface area contributed by atoms with Gasteiger partial charge in [0.1, 0.15) is 11.9 Å². The van der Waals surface area contributed by atoms with Gasteiger partial charge in [0, 0.05) is 19.8 Å². The van der Waals surface area contributed by atoms with Crippen LogP contribution in [0.1, 0.15) is 40.7 Å². The number of guanidine groups is 2. The molecule has 3 aliphatic rings. The van der Waals surface area contributed by atoms with Gasteiger partial charge in [0.2, 0.25) is 0 Å². The van der Waals surface area contributed by atoms with Crippen LogP contribution in [0.15, 0.2) is 136 Å². The number of anilines is 1. The quantitative estimate of drug-likeness (QED) is 0.191. The fourth-order valence-corrected chi connectivity index (χ4v) is 8.29. The summed E-state index contributed by atoms with van der Waals surface area (Å²) in [5, 5.41) is 18.1. The fourth-order valence-electron chi connectivity index (χ4n) is 7.20. The number of aliphatic imine (C=N–C) groups is 2. The summed E-state index contributed by atoms with van der Waals surface area (Å²) in [5.74, 6) is -0.586. The van der Waals surface area contributed by atoms with Crippen LogP contribution in [0.4, 0.5) is 10.1 Å². The Morgan fingerprint density at radius 1 is 0.724 bits per heavy atom. The molecule has 1 fully saturated rings. The Morgan fingerprint density at radius 2 is 1.36 bits per heavy atom. The number of rotatable bonds is 8. The number of nitrogens with zero attached hydrogens (tertiary/aromatic N) is 6. The van der Waals surface area contributed by atoms with Gasteiger partial charge in [0.05, 0.1) is 22.1 Å². The van der Waals surface area contributed by atoms with Crippen LogP contribution < -0.4 is 16.2 Å². The topological polar surface area (TPSA) is 211 Å². The van der Waals surface area contributed by atoms with E-state index in [-0.39, 0.29) is 51.4 Å². The first-order valence-electron chi connectivity index (χ1n) is 18.0. The molecule has 5 aromatic rings. The Hall–Kier alpha value is -7.36. The van der Waals surface area contributed by atoms with Crippen molar-refractivity contribution >= 4 is 39.4 Å². The second-order valence-electron chi connectivity index (χ2n) is 14.0. The molecule has 2 atom stereocenters. The third kappa shape index (κ3) is 6.78. The first-order chi connectivity index (χ1) is 27.7. The Balaban J connectivity index is 0.000000180. The lowest BCUT2D eigenvalue weighted by Crippen LogP contribution is -2.41. The monoisotopic (exact) mass is 793 g/mol. The van der Waals surface area contributed by atoms with Crippen LogP contribution in [-0.4, -0.2) is 56.0 Å². The normalized spacial score (nSPS) is 20.0. The second-order valence-corrected chi connectivity index (χ2v) is 15.7. The van der Waals surface area contributed by atoms with Crippen molar-refractivity contribution in [1.82, 2.24) is 9.80 Å². The van der Waals surface area contributed by atoms with Crippen LogP contribution in [0.5, 0.6) is 0 Å². The summed E-state index contributed by atoms with van der Waals surface area (Å²) in [7, 11) is -0.787. The summed E-state index contributed by atoms with van der Waals surface area (Å²) in [6.07, 6.45) is 1.85. The lowest BCUT2D eigenvalue weighted by atomic mass is 9.82. The number of nitrogens with one attached hydrogen (secondary N) is 1.